The van der Waals surface area contributed by atoms with E-state index in [4.69, 9.17) is 4.99 Å². The summed E-state index contributed by atoms with van der Waals surface area (Å²) in [4.78, 5) is 12.5. The van der Waals surface area contributed by atoms with Crippen LogP contribution in [0.25, 0.3) is 11.4 Å². The molecule has 0 fully saturated rings. The van der Waals surface area contributed by atoms with Crippen LogP contribution < -0.4 is 5.32 Å². The second kappa shape index (κ2) is 9.94. The standard InChI is InChI=1S/C21H26N6S/c1-4-22-21(27(2)14-16-8-10-19(28-3)11-9-16)23-13-17-6-5-7-18(12-17)20-24-15-25-26-20/h5-12,15H,4,13-14H2,1-3H3,(H,22,23)(H,24,25,26). The Morgan fingerprint density at radius 2 is 2.00 bits per heavy atom. The third-order valence-corrected chi connectivity index (χ3v) is 5.05. The van der Waals surface area contributed by atoms with Gasteiger partial charge in [-0.1, -0.05) is 30.3 Å². The first kappa shape index (κ1) is 19.9. The molecule has 0 spiro atoms. The molecule has 0 saturated heterocycles. The first-order valence-corrected chi connectivity index (χ1v) is 10.5. The topological polar surface area (TPSA) is 69.2 Å². The first-order chi connectivity index (χ1) is 13.7. The van der Waals surface area contributed by atoms with Gasteiger partial charge in [0, 0.05) is 30.6 Å². The third kappa shape index (κ3) is 5.36. The molecule has 146 valence electrons. The molecule has 3 aromatic rings. The molecule has 7 heteroatoms. The Morgan fingerprint density at radius 1 is 1.18 bits per heavy atom. The Kier molecular flexibility index (Phi) is 7.08. The summed E-state index contributed by atoms with van der Waals surface area (Å²) in [6, 6.07) is 16.9. The van der Waals surface area contributed by atoms with Gasteiger partial charge in [0.25, 0.3) is 0 Å². The summed E-state index contributed by atoms with van der Waals surface area (Å²) in [5.74, 6) is 1.66. The minimum Gasteiger partial charge on any atom is -0.357 e. The Hall–Kier alpha value is -2.80. The molecule has 0 saturated carbocycles. The van der Waals surface area contributed by atoms with E-state index in [1.807, 2.05) is 12.1 Å². The van der Waals surface area contributed by atoms with Crippen molar-refractivity contribution in [3.63, 3.8) is 0 Å². The summed E-state index contributed by atoms with van der Waals surface area (Å²) in [6.07, 6.45) is 3.61. The van der Waals surface area contributed by atoms with Crippen molar-refractivity contribution in [1.82, 2.24) is 25.4 Å². The Balaban J connectivity index is 1.70. The number of thioether (sulfide) groups is 1. The monoisotopic (exact) mass is 394 g/mol. The number of benzene rings is 2. The van der Waals surface area contributed by atoms with Crippen molar-refractivity contribution in [2.24, 2.45) is 4.99 Å². The number of hydrogen-bond acceptors (Lipinski definition) is 4. The maximum Gasteiger partial charge on any atom is 0.194 e. The SMILES string of the molecule is CCNC(=NCc1cccc(-c2ncn[nH]2)c1)N(C)Cc1ccc(SC)cc1. The van der Waals surface area contributed by atoms with E-state index in [1.54, 1.807) is 11.8 Å². The molecule has 0 aliphatic carbocycles. The van der Waals surface area contributed by atoms with Crippen LogP contribution in [0.5, 0.6) is 0 Å². The summed E-state index contributed by atoms with van der Waals surface area (Å²) < 4.78 is 0. The molecule has 0 aliphatic heterocycles. The van der Waals surface area contributed by atoms with E-state index in [0.717, 1.165) is 36.0 Å². The van der Waals surface area contributed by atoms with Gasteiger partial charge in [-0.05, 0) is 42.5 Å². The highest BCUT2D eigenvalue weighted by molar-refractivity contribution is 7.98. The second-order valence-electron chi connectivity index (χ2n) is 6.41. The van der Waals surface area contributed by atoms with Gasteiger partial charge in [-0.2, -0.15) is 5.10 Å². The normalized spacial score (nSPS) is 11.5. The minimum absolute atomic E-state index is 0.597. The predicted octanol–water partition coefficient (Wildman–Crippen LogP) is 3.79. The fourth-order valence-corrected chi connectivity index (χ4v) is 3.29. The molecule has 1 aromatic heterocycles. The van der Waals surface area contributed by atoms with Crippen LogP contribution in [-0.4, -0.2) is 45.9 Å². The summed E-state index contributed by atoms with van der Waals surface area (Å²) in [5.41, 5.74) is 3.40. The summed E-state index contributed by atoms with van der Waals surface area (Å²) in [7, 11) is 2.06. The van der Waals surface area contributed by atoms with Crippen molar-refractivity contribution in [3.05, 3.63) is 66.0 Å². The Labute approximate surface area is 170 Å². The number of nitrogens with one attached hydrogen (secondary N) is 2. The Morgan fingerprint density at radius 3 is 2.68 bits per heavy atom. The maximum absolute atomic E-state index is 4.82. The van der Waals surface area contributed by atoms with Gasteiger partial charge in [-0.15, -0.1) is 11.8 Å². The van der Waals surface area contributed by atoms with Gasteiger partial charge in [0.2, 0.25) is 0 Å². The lowest BCUT2D eigenvalue weighted by molar-refractivity contribution is 0.476. The Bertz CT molecular complexity index is 890. The molecule has 6 nitrogen and oxygen atoms in total. The number of guanidine groups is 1. The van der Waals surface area contributed by atoms with E-state index in [2.05, 4.69) is 82.0 Å². The molecular weight excluding hydrogens is 368 g/mol. The molecule has 0 unspecified atom stereocenters. The highest BCUT2D eigenvalue weighted by Crippen LogP contribution is 2.17. The van der Waals surface area contributed by atoms with Crippen molar-refractivity contribution >= 4 is 17.7 Å². The zero-order chi connectivity index (χ0) is 19.8. The lowest BCUT2D eigenvalue weighted by Gasteiger charge is -2.22. The van der Waals surface area contributed by atoms with Gasteiger partial charge in [0.05, 0.1) is 6.54 Å². The van der Waals surface area contributed by atoms with Gasteiger partial charge in [-0.3, -0.25) is 5.10 Å². The highest BCUT2D eigenvalue weighted by atomic mass is 32.2. The van der Waals surface area contributed by atoms with Gasteiger partial charge in [0.15, 0.2) is 11.8 Å². The van der Waals surface area contributed by atoms with Gasteiger partial charge >= 0.3 is 0 Å². The molecule has 28 heavy (non-hydrogen) atoms. The van der Waals surface area contributed by atoms with Gasteiger partial charge in [0.1, 0.15) is 6.33 Å². The number of nitrogens with zero attached hydrogens (tertiary/aromatic N) is 4. The van der Waals surface area contributed by atoms with E-state index in [1.165, 1.54) is 16.8 Å². The number of H-pyrrole nitrogens is 1. The van der Waals surface area contributed by atoms with Gasteiger partial charge in [-0.25, -0.2) is 9.98 Å². The maximum atomic E-state index is 4.82. The minimum atomic E-state index is 0.597. The molecule has 3 rings (SSSR count). The van der Waals surface area contributed by atoms with E-state index in [0.29, 0.717) is 6.54 Å². The van der Waals surface area contributed by atoms with E-state index >= 15 is 0 Å². The third-order valence-electron chi connectivity index (χ3n) is 4.30. The van der Waals surface area contributed by atoms with E-state index in [-0.39, 0.29) is 0 Å². The lowest BCUT2D eigenvalue weighted by Crippen LogP contribution is -2.38. The molecule has 0 aliphatic rings. The molecule has 0 atom stereocenters. The fourth-order valence-electron chi connectivity index (χ4n) is 2.88. The van der Waals surface area contributed by atoms with Crippen molar-refractivity contribution < 1.29 is 0 Å². The summed E-state index contributed by atoms with van der Waals surface area (Å²) in [6.45, 7) is 4.31. The molecule has 0 amide bonds. The molecule has 2 N–H and O–H groups in total. The molecule has 2 aromatic carbocycles. The summed E-state index contributed by atoms with van der Waals surface area (Å²) in [5, 5.41) is 10.2. The molecule has 0 radical (unpaired) electrons. The number of rotatable bonds is 7. The molecule has 0 bridgehead atoms. The quantitative estimate of drug-likeness (QED) is 0.362. The number of hydrogen-bond donors (Lipinski definition) is 2. The van der Waals surface area contributed by atoms with Crippen molar-refractivity contribution in [3.8, 4) is 11.4 Å². The molecular formula is C21H26N6S. The van der Waals surface area contributed by atoms with Crippen molar-refractivity contribution in [2.75, 3.05) is 19.8 Å². The average Bonchev–Trinajstić information content (AvgIpc) is 3.27. The predicted molar refractivity (Wildman–Crippen MR) is 116 cm³/mol. The van der Waals surface area contributed by atoms with Crippen LogP contribution in [0.2, 0.25) is 0 Å². The average molecular weight is 395 g/mol. The van der Waals surface area contributed by atoms with Crippen LogP contribution in [-0.2, 0) is 13.1 Å². The molecule has 1 heterocycles. The zero-order valence-corrected chi connectivity index (χ0v) is 17.3. The van der Waals surface area contributed by atoms with Crippen LogP contribution in [0.1, 0.15) is 18.1 Å². The fraction of sp³-hybridized carbons (Fsp3) is 0.286. The largest absolute Gasteiger partial charge is 0.357 e. The van der Waals surface area contributed by atoms with Gasteiger partial charge < -0.3 is 10.2 Å². The van der Waals surface area contributed by atoms with Crippen LogP contribution in [0.4, 0.5) is 0 Å². The smallest absolute Gasteiger partial charge is 0.194 e. The van der Waals surface area contributed by atoms with Crippen molar-refractivity contribution in [2.45, 2.75) is 24.9 Å². The van der Waals surface area contributed by atoms with Crippen LogP contribution in [0.15, 0.2) is 64.7 Å². The number of aliphatic imine (C=N–C) groups is 1. The highest BCUT2D eigenvalue weighted by Gasteiger charge is 2.07. The number of aromatic amines is 1. The second-order valence-corrected chi connectivity index (χ2v) is 7.29. The number of aromatic nitrogens is 3. The van der Waals surface area contributed by atoms with E-state index < -0.39 is 0 Å². The van der Waals surface area contributed by atoms with Crippen LogP contribution in [0.3, 0.4) is 0 Å². The first-order valence-electron chi connectivity index (χ1n) is 9.26. The van der Waals surface area contributed by atoms with E-state index in [9.17, 15) is 0 Å². The van der Waals surface area contributed by atoms with Crippen LogP contribution in [0, 0.1) is 0 Å². The summed E-state index contributed by atoms with van der Waals surface area (Å²) >= 11 is 1.76. The zero-order valence-electron chi connectivity index (χ0n) is 16.5. The van der Waals surface area contributed by atoms with Crippen LogP contribution >= 0.6 is 11.8 Å². The lowest BCUT2D eigenvalue weighted by atomic mass is 10.1. The van der Waals surface area contributed by atoms with Crippen molar-refractivity contribution in [1.29, 1.82) is 0 Å².